The summed E-state index contributed by atoms with van der Waals surface area (Å²) >= 11 is 6.02. The van der Waals surface area contributed by atoms with Crippen molar-refractivity contribution >= 4 is 11.6 Å². The summed E-state index contributed by atoms with van der Waals surface area (Å²) in [5, 5.41) is 10.7. The molecular weight excluding hydrogens is 267 g/mol. The van der Waals surface area contributed by atoms with Gasteiger partial charge in [-0.3, -0.25) is 0 Å². The fraction of sp³-hybridized carbons (Fsp3) is 0.200. The summed E-state index contributed by atoms with van der Waals surface area (Å²) in [4.78, 5) is 0. The largest absolute Gasteiger partial charge is 0.495 e. The van der Waals surface area contributed by atoms with E-state index < -0.39 is 6.10 Å². The molecule has 0 aliphatic heterocycles. The molecule has 2 aromatic rings. The van der Waals surface area contributed by atoms with E-state index in [-0.39, 0.29) is 5.82 Å². The first-order valence-corrected chi connectivity index (χ1v) is 6.18. The summed E-state index contributed by atoms with van der Waals surface area (Å²) in [6, 6.07) is 9.34. The third kappa shape index (κ3) is 2.88. The van der Waals surface area contributed by atoms with Crippen LogP contribution in [0.3, 0.4) is 0 Å². The van der Waals surface area contributed by atoms with Gasteiger partial charge in [0.1, 0.15) is 17.7 Å². The minimum absolute atomic E-state index is 0.376. The number of ether oxygens (including phenoxy) is 1. The van der Waals surface area contributed by atoms with Crippen molar-refractivity contribution < 1.29 is 14.2 Å². The Bertz CT molecular complexity index is 599. The standard InChI is InChI=1S/C15H14ClFO2/c1-9-3-5-11(17)8-12(9)15(18)10-4-6-14(19-2)13(16)7-10/h3-8,15,18H,1-2H3. The van der Waals surface area contributed by atoms with Gasteiger partial charge in [-0.2, -0.15) is 0 Å². The molecule has 0 heterocycles. The Kier molecular flexibility index (Phi) is 4.08. The lowest BCUT2D eigenvalue weighted by molar-refractivity contribution is 0.219. The molecule has 19 heavy (non-hydrogen) atoms. The van der Waals surface area contributed by atoms with Gasteiger partial charge >= 0.3 is 0 Å². The fourth-order valence-corrected chi connectivity index (χ4v) is 2.20. The first-order valence-electron chi connectivity index (χ1n) is 5.80. The predicted molar refractivity (Wildman–Crippen MR) is 73.2 cm³/mol. The van der Waals surface area contributed by atoms with Crippen molar-refractivity contribution in [2.75, 3.05) is 7.11 Å². The van der Waals surface area contributed by atoms with Crippen molar-refractivity contribution in [2.24, 2.45) is 0 Å². The van der Waals surface area contributed by atoms with Gasteiger partial charge in [-0.05, 0) is 47.9 Å². The second-order valence-corrected chi connectivity index (χ2v) is 4.70. The average molecular weight is 281 g/mol. The zero-order valence-electron chi connectivity index (χ0n) is 10.7. The lowest BCUT2D eigenvalue weighted by Gasteiger charge is -2.15. The van der Waals surface area contributed by atoms with E-state index >= 15 is 0 Å². The summed E-state index contributed by atoms with van der Waals surface area (Å²) < 4.78 is 18.3. The van der Waals surface area contributed by atoms with Gasteiger partial charge < -0.3 is 9.84 Å². The molecule has 2 aromatic carbocycles. The topological polar surface area (TPSA) is 29.5 Å². The van der Waals surface area contributed by atoms with Crippen LogP contribution < -0.4 is 4.74 Å². The molecule has 2 nitrogen and oxygen atoms in total. The molecule has 1 unspecified atom stereocenters. The zero-order valence-corrected chi connectivity index (χ0v) is 11.4. The molecule has 0 bridgehead atoms. The van der Waals surface area contributed by atoms with E-state index in [1.807, 2.05) is 6.92 Å². The quantitative estimate of drug-likeness (QED) is 0.924. The lowest BCUT2D eigenvalue weighted by atomic mass is 9.97. The predicted octanol–water partition coefficient (Wildman–Crippen LogP) is 3.88. The van der Waals surface area contributed by atoms with E-state index in [4.69, 9.17) is 16.3 Å². The van der Waals surface area contributed by atoms with E-state index in [0.29, 0.717) is 21.9 Å². The van der Waals surface area contributed by atoms with Gasteiger partial charge in [0.05, 0.1) is 12.1 Å². The zero-order chi connectivity index (χ0) is 14.0. The Hall–Kier alpha value is -1.58. The smallest absolute Gasteiger partial charge is 0.137 e. The highest BCUT2D eigenvalue weighted by Crippen LogP contribution is 2.31. The number of methoxy groups -OCH3 is 1. The van der Waals surface area contributed by atoms with Crippen LogP contribution in [-0.2, 0) is 0 Å². The Morgan fingerprint density at radius 3 is 2.58 bits per heavy atom. The van der Waals surface area contributed by atoms with Crippen LogP contribution in [-0.4, -0.2) is 12.2 Å². The van der Waals surface area contributed by atoms with Crippen LogP contribution in [0.15, 0.2) is 36.4 Å². The van der Waals surface area contributed by atoms with Crippen molar-refractivity contribution in [1.82, 2.24) is 0 Å². The lowest BCUT2D eigenvalue weighted by Crippen LogP contribution is -2.03. The minimum atomic E-state index is -0.917. The Labute approximate surface area is 116 Å². The summed E-state index contributed by atoms with van der Waals surface area (Å²) in [6.45, 7) is 1.82. The molecular formula is C15H14ClFO2. The molecule has 4 heteroatoms. The van der Waals surface area contributed by atoms with E-state index in [1.54, 1.807) is 24.3 Å². The molecule has 0 aromatic heterocycles. The molecule has 0 amide bonds. The van der Waals surface area contributed by atoms with Gasteiger partial charge in [0.15, 0.2) is 0 Å². The molecule has 0 saturated carbocycles. The van der Waals surface area contributed by atoms with Crippen LogP contribution in [0.25, 0.3) is 0 Å². The van der Waals surface area contributed by atoms with Gasteiger partial charge in [-0.1, -0.05) is 23.7 Å². The molecule has 1 N–H and O–H groups in total. The van der Waals surface area contributed by atoms with Crippen molar-refractivity contribution in [3.63, 3.8) is 0 Å². The maximum Gasteiger partial charge on any atom is 0.137 e. The highest BCUT2D eigenvalue weighted by atomic mass is 35.5. The average Bonchev–Trinajstić information content (AvgIpc) is 2.40. The first kappa shape index (κ1) is 13.8. The summed E-state index contributed by atoms with van der Waals surface area (Å²) in [5.41, 5.74) is 1.95. The molecule has 0 radical (unpaired) electrons. The third-order valence-electron chi connectivity index (χ3n) is 3.03. The molecule has 1 atom stereocenters. The van der Waals surface area contributed by atoms with Crippen molar-refractivity contribution in [1.29, 1.82) is 0 Å². The number of benzene rings is 2. The number of aryl methyl sites for hydroxylation is 1. The van der Waals surface area contributed by atoms with Crippen LogP contribution in [0.1, 0.15) is 22.8 Å². The van der Waals surface area contributed by atoms with Crippen molar-refractivity contribution in [3.8, 4) is 5.75 Å². The number of hydrogen-bond donors (Lipinski definition) is 1. The van der Waals surface area contributed by atoms with Crippen LogP contribution >= 0.6 is 11.6 Å². The van der Waals surface area contributed by atoms with Crippen LogP contribution in [0.2, 0.25) is 5.02 Å². The molecule has 0 fully saturated rings. The van der Waals surface area contributed by atoms with Crippen LogP contribution in [0, 0.1) is 12.7 Å². The summed E-state index contributed by atoms with van der Waals surface area (Å²) in [7, 11) is 1.52. The Balaban J connectivity index is 2.41. The van der Waals surface area contributed by atoms with E-state index in [1.165, 1.54) is 19.2 Å². The van der Waals surface area contributed by atoms with Gasteiger partial charge in [-0.25, -0.2) is 4.39 Å². The normalized spacial score (nSPS) is 12.3. The maximum absolute atomic E-state index is 13.3. The van der Waals surface area contributed by atoms with E-state index in [9.17, 15) is 9.50 Å². The second kappa shape index (κ2) is 5.59. The Morgan fingerprint density at radius 1 is 1.21 bits per heavy atom. The number of rotatable bonds is 3. The molecule has 100 valence electrons. The maximum atomic E-state index is 13.3. The van der Waals surface area contributed by atoms with Gasteiger partial charge in [0.2, 0.25) is 0 Å². The van der Waals surface area contributed by atoms with Gasteiger partial charge in [0.25, 0.3) is 0 Å². The van der Waals surface area contributed by atoms with Crippen LogP contribution in [0.5, 0.6) is 5.75 Å². The number of aliphatic hydroxyl groups is 1. The molecule has 0 aliphatic carbocycles. The molecule has 0 aliphatic rings. The van der Waals surface area contributed by atoms with E-state index in [0.717, 1.165) is 5.56 Å². The second-order valence-electron chi connectivity index (χ2n) is 4.30. The monoisotopic (exact) mass is 280 g/mol. The highest BCUT2D eigenvalue weighted by molar-refractivity contribution is 6.32. The van der Waals surface area contributed by atoms with E-state index in [2.05, 4.69) is 0 Å². The summed E-state index contributed by atoms with van der Waals surface area (Å²) in [6.07, 6.45) is -0.917. The third-order valence-corrected chi connectivity index (χ3v) is 3.32. The first-order chi connectivity index (χ1) is 9.02. The van der Waals surface area contributed by atoms with Gasteiger partial charge in [-0.15, -0.1) is 0 Å². The molecule has 0 saturated heterocycles. The SMILES string of the molecule is COc1ccc(C(O)c2cc(F)ccc2C)cc1Cl. The number of halogens is 2. The molecule has 2 rings (SSSR count). The number of aliphatic hydroxyl groups excluding tert-OH is 1. The Morgan fingerprint density at radius 2 is 1.95 bits per heavy atom. The van der Waals surface area contributed by atoms with Crippen molar-refractivity contribution in [3.05, 3.63) is 63.9 Å². The van der Waals surface area contributed by atoms with Crippen LogP contribution in [0.4, 0.5) is 4.39 Å². The van der Waals surface area contributed by atoms with Gasteiger partial charge in [0, 0.05) is 0 Å². The highest BCUT2D eigenvalue weighted by Gasteiger charge is 2.15. The fourth-order valence-electron chi connectivity index (χ4n) is 1.94. The number of hydrogen-bond acceptors (Lipinski definition) is 2. The van der Waals surface area contributed by atoms with Crippen molar-refractivity contribution in [2.45, 2.75) is 13.0 Å². The molecule has 0 spiro atoms. The minimum Gasteiger partial charge on any atom is -0.495 e. The summed E-state index contributed by atoms with van der Waals surface area (Å²) in [5.74, 6) is 0.160.